The molecule has 0 aromatic carbocycles. The van der Waals surface area contributed by atoms with Crippen LogP contribution in [0.4, 0.5) is 4.79 Å². The van der Waals surface area contributed by atoms with E-state index in [4.69, 9.17) is 4.74 Å². The summed E-state index contributed by atoms with van der Waals surface area (Å²) in [5.41, 5.74) is -0.521. The van der Waals surface area contributed by atoms with Crippen LogP contribution in [0.2, 0.25) is 0 Å². The van der Waals surface area contributed by atoms with Crippen LogP contribution in [0.3, 0.4) is 0 Å². The van der Waals surface area contributed by atoms with Crippen LogP contribution in [0.15, 0.2) is 0 Å². The summed E-state index contributed by atoms with van der Waals surface area (Å²) >= 11 is 0. The van der Waals surface area contributed by atoms with Gasteiger partial charge in [0, 0.05) is 19.6 Å². The van der Waals surface area contributed by atoms with Gasteiger partial charge in [0.1, 0.15) is 11.6 Å². The second-order valence-corrected chi connectivity index (χ2v) is 7.07. The lowest BCUT2D eigenvalue weighted by molar-refractivity contribution is -0.139. The maximum Gasteiger partial charge on any atom is 0.410 e. The zero-order valence-corrected chi connectivity index (χ0v) is 13.6. The van der Waals surface area contributed by atoms with Crippen LogP contribution >= 0.6 is 0 Å². The van der Waals surface area contributed by atoms with Gasteiger partial charge in [0.2, 0.25) is 5.91 Å². The average molecular weight is 296 g/mol. The summed E-state index contributed by atoms with van der Waals surface area (Å²) in [6.07, 6.45) is 5.71. The van der Waals surface area contributed by atoms with Gasteiger partial charge in [-0.05, 0) is 59.3 Å². The van der Waals surface area contributed by atoms with Gasteiger partial charge in [-0.15, -0.1) is 0 Å². The number of hydrogen-bond donors (Lipinski definition) is 0. The predicted molar refractivity (Wildman–Crippen MR) is 81.0 cm³/mol. The van der Waals surface area contributed by atoms with Crippen molar-refractivity contribution in [3.8, 4) is 0 Å². The Morgan fingerprint density at radius 2 is 1.57 bits per heavy atom. The maximum absolute atomic E-state index is 12.7. The lowest BCUT2D eigenvalue weighted by atomic mass is 10.00. The van der Waals surface area contributed by atoms with Gasteiger partial charge in [-0.3, -0.25) is 9.69 Å². The molecule has 0 saturated carbocycles. The molecule has 5 heteroatoms. The number of carbonyl (C=O) groups excluding carboxylic acids is 2. The molecule has 120 valence electrons. The van der Waals surface area contributed by atoms with Crippen LogP contribution in [0.1, 0.15) is 59.3 Å². The first-order valence-corrected chi connectivity index (χ1v) is 8.17. The average Bonchev–Trinajstić information content (AvgIpc) is 2.45. The molecule has 0 radical (unpaired) electrons. The first-order valence-electron chi connectivity index (χ1n) is 8.17. The minimum atomic E-state index is -0.521. The van der Waals surface area contributed by atoms with E-state index in [0.29, 0.717) is 6.54 Å². The number of rotatable bonds is 1. The summed E-state index contributed by atoms with van der Waals surface area (Å²) in [7, 11) is 0. The van der Waals surface area contributed by atoms with Gasteiger partial charge in [0.15, 0.2) is 0 Å². The summed E-state index contributed by atoms with van der Waals surface area (Å²) in [4.78, 5) is 28.6. The summed E-state index contributed by atoms with van der Waals surface area (Å²) < 4.78 is 5.46. The number of nitrogens with zero attached hydrogens (tertiary/aromatic N) is 2. The van der Waals surface area contributed by atoms with Crippen molar-refractivity contribution < 1.29 is 14.3 Å². The number of amides is 2. The fourth-order valence-corrected chi connectivity index (χ4v) is 3.05. The van der Waals surface area contributed by atoms with Crippen LogP contribution < -0.4 is 0 Å². The molecule has 0 aromatic heterocycles. The van der Waals surface area contributed by atoms with Crippen molar-refractivity contribution in [2.24, 2.45) is 0 Å². The molecule has 0 aliphatic carbocycles. The second kappa shape index (κ2) is 6.67. The molecular weight excluding hydrogens is 268 g/mol. The predicted octanol–water partition coefficient (Wildman–Crippen LogP) is 2.79. The number of carbonyl (C=O) groups is 2. The highest BCUT2D eigenvalue weighted by molar-refractivity contribution is 5.86. The summed E-state index contributed by atoms with van der Waals surface area (Å²) in [5.74, 6) is 0.111. The van der Waals surface area contributed by atoms with Crippen LogP contribution in [-0.2, 0) is 9.53 Å². The molecule has 0 aromatic rings. The van der Waals surface area contributed by atoms with Crippen molar-refractivity contribution in [3.63, 3.8) is 0 Å². The fourth-order valence-electron chi connectivity index (χ4n) is 3.05. The quantitative estimate of drug-likeness (QED) is 0.747. The first kappa shape index (κ1) is 16.1. The molecule has 2 fully saturated rings. The van der Waals surface area contributed by atoms with Gasteiger partial charge < -0.3 is 9.64 Å². The third-order valence-electron chi connectivity index (χ3n) is 4.08. The molecule has 2 heterocycles. The Morgan fingerprint density at radius 1 is 0.952 bits per heavy atom. The maximum atomic E-state index is 12.7. The molecule has 2 aliphatic rings. The smallest absolute Gasteiger partial charge is 0.410 e. The topological polar surface area (TPSA) is 49.9 Å². The number of ether oxygens (including phenoxy) is 1. The van der Waals surface area contributed by atoms with E-state index in [1.165, 1.54) is 6.42 Å². The molecule has 0 unspecified atom stereocenters. The Hall–Kier alpha value is -1.26. The molecule has 21 heavy (non-hydrogen) atoms. The lowest BCUT2D eigenvalue weighted by Crippen LogP contribution is -2.54. The van der Waals surface area contributed by atoms with Gasteiger partial charge >= 0.3 is 6.09 Å². The highest BCUT2D eigenvalue weighted by Gasteiger charge is 2.37. The molecular formula is C16H28N2O3. The fraction of sp³-hybridized carbons (Fsp3) is 0.875. The molecule has 0 spiro atoms. The summed E-state index contributed by atoms with van der Waals surface area (Å²) in [5, 5.41) is 0. The molecule has 2 rings (SSSR count). The highest BCUT2D eigenvalue weighted by atomic mass is 16.6. The first-order chi connectivity index (χ1) is 9.88. The van der Waals surface area contributed by atoms with Gasteiger partial charge in [-0.1, -0.05) is 0 Å². The third kappa shape index (κ3) is 4.35. The summed E-state index contributed by atoms with van der Waals surface area (Å²) in [6, 6.07) is -0.327. The van der Waals surface area contributed by atoms with Crippen LogP contribution in [0.25, 0.3) is 0 Å². The monoisotopic (exact) mass is 296 g/mol. The van der Waals surface area contributed by atoms with Crippen molar-refractivity contribution >= 4 is 12.0 Å². The van der Waals surface area contributed by atoms with E-state index in [1.807, 2.05) is 25.7 Å². The van der Waals surface area contributed by atoms with Crippen LogP contribution in [-0.4, -0.2) is 53.1 Å². The number of likely N-dealkylation sites (tertiary alicyclic amines) is 2. The van der Waals surface area contributed by atoms with Crippen LogP contribution in [0, 0.1) is 0 Å². The Labute approximate surface area is 127 Å². The minimum absolute atomic E-state index is 0.111. The molecule has 0 N–H and O–H groups in total. The Balaban J connectivity index is 2.04. The van der Waals surface area contributed by atoms with Gasteiger partial charge in [-0.2, -0.15) is 0 Å². The zero-order chi connectivity index (χ0) is 15.5. The van der Waals surface area contributed by atoms with Crippen molar-refractivity contribution in [1.29, 1.82) is 0 Å². The van der Waals surface area contributed by atoms with Gasteiger partial charge in [0.05, 0.1) is 0 Å². The Bertz CT molecular complexity index is 383. The van der Waals surface area contributed by atoms with Crippen molar-refractivity contribution in [2.75, 3.05) is 19.6 Å². The van der Waals surface area contributed by atoms with E-state index >= 15 is 0 Å². The second-order valence-electron chi connectivity index (χ2n) is 7.07. The molecule has 2 amide bonds. The molecule has 2 saturated heterocycles. The van der Waals surface area contributed by atoms with Gasteiger partial charge in [0.25, 0.3) is 0 Å². The molecule has 0 bridgehead atoms. The van der Waals surface area contributed by atoms with Crippen molar-refractivity contribution in [3.05, 3.63) is 0 Å². The Morgan fingerprint density at radius 3 is 2.19 bits per heavy atom. The summed E-state index contributed by atoms with van der Waals surface area (Å²) in [6.45, 7) is 7.86. The molecule has 2 aliphatic heterocycles. The lowest BCUT2D eigenvalue weighted by Gasteiger charge is -2.39. The van der Waals surface area contributed by atoms with E-state index in [1.54, 1.807) is 4.90 Å². The highest BCUT2D eigenvalue weighted by Crippen LogP contribution is 2.23. The van der Waals surface area contributed by atoms with Crippen LogP contribution in [0.5, 0.6) is 0 Å². The minimum Gasteiger partial charge on any atom is -0.444 e. The third-order valence-corrected chi connectivity index (χ3v) is 4.08. The van der Waals surface area contributed by atoms with E-state index in [2.05, 4.69) is 0 Å². The van der Waals surface area contributed by atoms with E-state index in [-0.39, 0.29) is 18.0 Å². The SMILES string of the molecule is CC(C)(C)OC(=O)N1CCCC[C@H]1C(=O)N1CCCCC1. The largest absolute Gasteiger partial charge is 0.444 e. The van der Waals surface area contributed by atoms with Crippen molar-refractivity contribution in [2.45, 2.75) is 70.9 Å². The molecule has 5 nitrogen and oxygen atoms in total. The Kier molecular flexibility index (Phi) is 5.12. The number of hydrogen-bond acceptors (Lipinski definition) is 3. The normalized spacial score (nSPS) is 23.9. The zero-order valence-electron chi connectivity index (χ0n) is 13.6. The number of piperidine rings is 2. The van der Waals surface area contributed by atoms with Gasteiger partial charge in [-0.25, -0.2) is 4.79 Å². The van der Waals surface area contributed by atoms with E-state index in [0.717, 1.165) is 45.2 Å². The van der Waals surface area contributed by atoms with E-state index < -0.39 is 5.60 Å². The molecule has 1 atom stereocenters. The van der Waals surface area contributed by atoms with E-state index in [9.17, 15) is 9.59 Å². The standard InChI is InChI=1S/C16H28N2O3/c1-16(2,3)21-15(20)18-12-8-5-9-13(18)14(19)17-10-6-4-7-11-17/h13H,4-12H2,1-3H3/t13-/m0/s1. The van der Waals surface area contributed by atoms with Crippen molar-refractivity contribution in [1.82, 2.24) is 9.80 Å².